The zero-order chi connectivity index (χ0) is 22.5. The molecule has 1 aliphatic heterocycles. The first kappa shape index (κ1) is 21.3. The molecule has 0 saturated carbocycles. The van der Waals surface area contributed by atoms with Crippen LogP contribution >= 0.6 is 11.8 Å². The van der Waals surface area contributed by atoms with Crippen LogP contribution in [0.1, 0.15) is 22.3 Å². The summed E-state index contributed by atoms with van der Waals surface area (Å²) in [6.45, 7) is 0.193. The molecule has 3 aromatic carbocycles. The van der Waals surface area contributed by atoms with Crippen molar-refractivity contribution in [1.82, 2.24) is 4.90 Å². The van der Waals surface area contributed by atoms with Crippen molar-refractivity contribution < 1.29 is 18.7 Å². The van der Waals surface area contributed by atoms with Gasteiger partial charge in [-0.2, -0.15) is 5.26 Å². The molecule has 5 nitrogen and oxygen atoms in total. The number of imide groups is 1. The third-order valence-corrected chi connectivity index (χ3v) is 5.74. The molecule has 1 aliphatic rings. The van der Waals surface area contributed by atoms with E-state index in [1.54, 1.807) is 66.7 Å². The van der Waals surface area contributed by atoms with E-state index in [0.29, 0.717) is 28.0 Å². The fourth-order valence-electron chi connectivity index (χ4n) is 3.23. The summed E-state index contributed by atoms with van der Waals surface area (Å²) in [5, 5.41) is 8.86. The molecule has 0 atom stereocenters. The third-order valence-electron chi connectivity index (χ3n) is 4.83. The molecule has 0 unspecified atom stereocenters. The zero-order valence-electron chi connectivity index (χ0n) is 16.8. The van der Waals surface area contributed by atoms with Crippen LogP contribution in [-0.4, -0.2) is 16.0 Å². The molecular weight excluding hydrogens is 427 g/mol. The van der Waals surface area contributed by atoms with Gasteiger partial charge in [-0.1, -0.05) is 48.5 Å². The Morgan fingerprint density at radius 3 is 2.62 bits per heavy atom. The van der Waals surface area contributed by atoms with Gasteiger partial charge >= 0.3 is 0 Å². The molecular formula is C25H17FN2O3S. The highest BCUT2D eigenvalue weighted by Crippen LogP contribution is 2.35. The molecule has 0 spiro atoms. The van der Waals surface area contributed by atoms with Crippen LogP contribution in [-0.2, 0) is 17.9 Å². The molecule has 0 radical (unpaired) electrons. The van der Waals surface area contributed by atoms with Gasteiger partial charge in [0.05, 0.1) is 23.1 Å². The SMILES string of the molecule is N#Cc1ccccc1CN1C(=O)S/C(=C/c2ccccc2OCc2cccc(F)c2)C1=O. The fraction of sp³-hybridized carbons (Fsp3) is 0.0800. The van der Waals surface area contributed by atoms with Gasteiger partial charge < -0.3 is 4.74 Å². The Morgan fingerprint density at radius 2 is 1.81 bits per heavy atom. The van der Waals surface area contributed by atoms with Gasteiger partial charge in [-0.15, -0.1) is 0 Å². The number of nitriles is 1. The van der Waals surface area contributed by atoms with E-state index >= 15 is 0 Å². The Morgan fingerprint density at radius 1 is 1.03 bits per heavy atom. The largest absolute Gasteiger partial charge is 0.488 e. The Balaban J connectivity index is 1.54. The van der Waals surface area contributed by atoms with Crippen molar-refractivity contribution >= 4 is 29.0 Å². The molecule has 2 amide bonds. The third kappa shape index (κ3) is 4.71. The molecule has 0 bridgehead atoms. The first-order valence-corrected chi connectivity index (χ1v) is 10.6. The number of hydrogen-bond donors (Lipinski definition) is 0. The highest BCUT2D eigenvalue weighted by Gasteiger charge is 2.35. The number of halogens is 1. The number of rotatable bonds is 6. The molecule has 0 N–H and O–H groups in total. The van der Waals surface area contributed by atoms with Crippen molar-refractivity contribution in [2.24, 2.45) is 0 Å². The fourth-order valence-corrected chi connectivity index (χ4v) is 4.06. The molecule has 158 valence electrons. The monoisotopic (exact) mass is 444 g/mol. The molecule has 1 saturated heterocycles. The van der Waals surface area contributed by atoms with Gasteiger partial charge in [0.2, 0.25) is 0 Å². The second-order valence-electron chi connectivity index (χ2n) is 6.99. The van der Waals surface area contributed by atoms with Gasteiger partial charge in [0.15, 0.2) is 0 Å². The standard InChI is InChI=1S/C25H17FN2O3S/c26-21-10-5-6-17(12-21)16-31-22-11-4-3-7-18(22)13-23-24(29)28(25(30)32-23)15-20-9-2-1-8-19(20)14-27/h1-13H,15-16H2/b23-13+. The first-order valence-electron chi connectivity index (χ1n) is 9.75. The highest BCUT2D eigenvalue weighted by atomic mass is 32.2. The molecule has 3 aromatic rings. The van der Waals surface area contributed by atoms with Crippen LogP contribution in [0, 0.1) is 17.1 Å². The number of thioether (sulfide) groups is 1. The summed E-state index contributed by atoms with van der Waals surface area (Å²) in [6.07, 6.45) is 1.61. The Hall–Kier alpha value is -3.89. The molecule has 0 aliphatic carbocycles. The summed E-state index contributed by atoms with van der Waals surface area (Å²) in [6, 6.07) is 22.2. The summed E-state index contributed by atoms with van der Waals surface area (Å²) in [5.41, 5.74) is 2.34. The van der Waals surface area contributed by atoms with Crippen molar-refractivity contribution in [3.05, 3.63) is 106 Å². The van der Waals surface area contributed by atoms with Gasteiger partial charge in [-0.25, -0.2) is 4.39 Å². The normalized spacial score (nSPS) is 14.6. The van der Waals surface area contributed by atoms with Crippen molar-refractivity contribution in [3.8, 4) is 11.8 Å². The lowest BCUT2D eigenvalue weighted by Gasteiger charge is -2.13. The summed E-state index contributed by atoms with van der Waals surface area (Å²) >= 11 is 0.845. The summed E-state index contributed by atoms with van der Waals surface area (Å²) in [7, 11) is 0. The van der Waals surface area contributed by atoms with E-state index in [2.05, 4.69) is 6.07 Å². The molecule has 0 aromatic heterocycles. The van der Waals surface area contributed by atoms with E-state index in [0.717, 1.165) is 16.7 Å². The number of carbonyl (C=O) groups excluding carboxylic acids is 2. The van der Waals surface area contributed by atoms with Crippen LogP contribution in [0.5, 0.6) is 5.75 Å². The number of para-hydroxylation sites is 1. The van der Waals surface area contributed by atoms with E-state index in [1.807, 2.05) is 0 Å². The van der Waals surface area contributed by atoms with Gasteiger partial charge in [-0.3, -0.25) is 14.5 Å². The van der Waals surface area contributed by atoms with Crippen LogP contribution in [0.3, 0.4) is 0 Å². The van der Waals surface area contributed by atoms with Crippen molar-refractivity contribution in [3.63, 3.8) is 0 Å². The first-order chi connectivity index (χ1) is 15.5. The number of nitrogens with zero attached hydrogens (tertiary/aromatic N) is 2. The number of ether oxygens (including phenoxy) is 1. The van der Waals surface area contributed by atoms with Crippen molar-refractivity contribution in [1.29, 1.82) is 5.26 Å². The van der Waals surface area contributed by atoms with Crippen molar-refractivity contribution in [2.75, 3.05) is 0 Å². The number of amides is 2. The predicted octanol–water partition coefficient (Wildman–Crippen LogP) is 5.51. The van der Waals surface area contributed by atoms with E-state index in [1.165, 1.54) is 12.1 Å². The maximum absolute atomic E-state index is 13.4. The minimum absolute atomic E-state index is 0.0312. The van der Waals surface area contributed by atoms with Gasteiger partial charge in [0, 0.05) is 5.56 Å². The van der Waals surface area contributed by atoms with Gasteiger partial charge in [0.1, 0.15) is 18.2 Å². The smallest absolute Gasteiger partial charge is 0.293 e. The van der Waals surface area contributed by atoms with Crippen LogP contribution in [0.4, 0.5) is 9.18 Å². The average molecular weight is 444 g/mol. The van der Waals surface area contributed by atoms with E-state index < -0.39 is 11.1 Å². The molecule has 32 heavy (non-hydrogen) atoms. The molecule has 1 heterocycles. The maximum Gasteiger partial charge on any atom is 0.293 e. The Kier molecular flexibility index (Phi) is 6.34. The summed E-state index contributed by atoms with van der Waals surface area (Å²) in [5.74, 6) is -0.253. The van der Waals surface area contributed by atoms with Crippen molar-refractivity contribution in [2.45, 2.75) is 13.2 Å². The van der Waals surface area contributed by atoms with Crippen LogP contribution in [0.2, 0.25) is 0 Å². The molecule has 1 fully saturated rings. The quantitative estimate of drug-likeness (QED) is 0.469. The van der Waals surface area contributed by atoms with Crippen LogP contribution in [0.25, 0.3) is 6.08 Å². The van der Waals surface area contributed by atoms with E-state index in [-0.39, 0.29) is 23.9 Å². The number of benzene rings is 3. The zero-order valence-corrected chi connectivity index (χ0v) is 17.6. The lowest BCUT2D eigenvalue weighted by atomic mass is 10.1. The van der Waals surface area contributed by atoms with Gasteiger partial charge in [0.25, 0.3) is 11.1 Å². The number of carbonyl (C=O) groups is 2. The maximum atomic E-state index is 13.4. The van der Waals surface area contributed by atoms with Crippen LogP contribution < -0.4 is 4.74 Å². The Labute approximate surface area is 188 Å². The second-order valence-corrected chi connectivity index (χ2v) is 7.99. The predicted molar refractivity (Wildman–Crippen MR) is 120 cm³/mol. The molecule has 4 rings (SSSR count). The minimum Gasteiger partial charge on any atom is -0.488 e. The second kappa shape index (κ2) is 9.50. The highest BCUT2D eigenvalue weighted by molar-refractivity contribution is 8.18. The average Bonchev–Trinajstić information content (AvgIpc) is 3.06. The van der Waals surface area contributed by atoms with E-state index in [4.69, 9.17) is 4.74 Å². The summed E-state index contributed by atoms with van der Waals surface area (Å²) in [4.78, 5) is 26.8. The molecule has 7 heteroatoms. The Bertz CT molecular complexity index is 1270. The minimum atomic E-state index is -0.423. The lowest BCUT2D eigenvalue weighted by Crippen LogP contribution is -2.27. The topological polar surface area (TPSA) is 70.4 Å². The lowest BCUT2D eigenvalue weighted by molar-refractivity contribution is -0.123. The summed E-state index contributed by atoms with van der Waals surface area (Å²) < 4.78 is 19.2. The van der Waals surface area contributed by atoms with Gasteiger partial charge in [-0.05, 0) is 53.2 Å². The number of hydrogen-bond acceptors (Lipinski definition) is 5. The van der Waals surface area contributed by atoms with E-state index in [9.17, 15) is 19.2 Å². The van der Waals surface area contributed by atoms with Crippen LogP contribution in [0.15, 0.2) is 77.7 Å².